The van der Waals surface area contributed by atoms with E-state index in [1.165, 1.54) is 25.2 Å². The number of rotatable bonds is 3. The molecule has 2 aromatic rings. The van der Waals surface area contributed by atoms with Crippen molar-refractivity contribution in [1.29, 1.82) is 0 Å². The van der Waals surface area contributed by atoms with E-state index >= 15 is 0 Å². The van der Waals surface area contributed by atoms with E-state index in [0.29, 0.717) is 16.8 Å². The Morgan fingerprint density at radius 1 is 0.893 bits per heavy atom. The van der Waals surface area contributed by atoms with Gasteiger partial charge in [0.2, 0.25) is 0 Å². The quantitative estimate of drug-likeness (QED) is 0.832. The molecule has 1 saturated heterocycles. The van der Waals surface area contributed by atoms with Crippen LogP contribution in [0, 0.1) is 0 Å². The summed E-state index contributed by atoms with van der Waals surface area (Å²) >= 11 is 0. The normalized spacial score (nSPS) is 15.8. The maximum Gasteiger partial charge on any atom is 0.261 e. The summed E-state index contributed by atoms with van der Waals surface area (Å²) in [5, 5.41) is 2.75. The van der Waals surface area contributed by atoms with Gasteiger partial charge in [-0.3, -0.25) is 24.1 Å². The van der Waals surface area contributed by atoms with Crippen LogP contribution in [0.25, 0.3) is 0 Å². The standard InChI is InChI=1S/C21H19N3O4/c1-23-20(27)16-8-7-13(12-17(16)21(23)28)18(25)22-15-6-4-5-14(11-15)19(26)24-9-2-3-10-24/h4-8,11-12H,2-3,9-10H2,1H3,(H,22,25). The van der Waals surface area contributed by atoms with E-state index in [2.05, 4.69) is 5.32 Å². The third kappa shape index (κ3) is 3.05. The lowest BCUT2D eigenvalue weighted by molar-refractivity contribution is 0.0692. The van der Waals surface area contributed by atoms with E-state index in [4.69, 9.17) is 0 Å². The van der Waals surface area contributed by atoms with Crippen molar-refractivity contribution in [3.05, 3.63) is 64.7 Å². The average Bonchev–Trinajstić information content (AvgIpc) is 3.32. The first kappa shape index (κ1) is 17.9. The number of nitrogens with one attached hydrogen (secondary N) is 1. The highest BCUT2D eigenvalue weighted by atomic mass is 16.2. The molecule has 0 radical (unpaired) electrons. The minimum absolute atomic E-state index is 0.0433. The highest BCUT2D eigenvalue weighted by Crippen LogP contribution is 2.23. The number of carbonyl (C=O) groups is 4. The van der Waals surface area contributed by atoms with Crippen molar-refractivity contribution in [3.63, 3.8) is 0 Å². The van der Waals surface area contributed by atoms with Crippen LogP contribution in [0.3, 0.4) is 0 Å². The van der Waals surface area contributed by atoms with Crippen LogP contribution in [0.15, 0.2) is 42.5 Å². The molecule has 2 aromatic carbocycles. The Morgan fingerprint density at radius 3 is 2.36 bits per heavy atom. The van der Waals surface area contributed by atoms with Crippen LogP contribution in [0.1, 0.15) is 54.3 Å². The van der Waals surface area contributed by atoms with Gasteiger partial charge in [0, 0.05) is 37.0 Å². The van der Waals surface area contributed by atoms with Crippen molar-refractivity contribution < 1.29 is 19.2 Å². The van der Waals surface area contributed by atoms with Crippen LogP contribution >= 0.6 is 0 Å². The Bertz CT molecular complexity index is 1010. The van der Waals surface area contributed by atoms with Gasteiger partial charge in [-0.15, -0.1) is 0 Å². The summed E-state index contributed by atoms with van der Waals surface area (Å²) in [6, 6.07) is 11.2. The van der Waals surface area contributed by atoms with Gasteiger partial charge < -0.3 is 10.2 Å². The van der Waals surface area contributed by atoms with Gasteiger partial charge in [0.25, 0.3) is 23.6 Å². The Morgan fingerprint density at radius 2 is 1.61 bits per heavy atom. The molecule has 2 aliphatic heterocycles. The summed E-state index contributed by atoms with van der Waals surface area (Å²) in [7, 11) is 1.41. The van der Waals surface area contributed by atoms with Crippen LogP contribution in [0.2, 0.25) is 0 Å². The van der Waals surface area contributed by atoms with Crippen LogP contribution in [-0.4, -0.2) is 53.6 Å². The number of carbonyl (C=O) groups excluding carboxylic acids is 4. The van der Waals surface area contributed by atoms with Gasteiger partial charge in [0.15, 0.2) is 0 Å². The van der Waals surface area contributed by atoms with Gasteiger partial charge in [-0.05, 0) is 49.2 Å². The van der Waals surface area contributed by atoms with Crippen LogP contribution < -0.4 is 5.32 Å². The van der Waals surface area contributed by atoms with Crippen LogP contribution in [0.4, 0.5) is 5.69 Å². The first-order valence-corrected chi connectivity index (χ1v) is 9.13. The van der Waals surface area contributed by atoms with E-state index < -0.39 is 11.8 Å². The summed E-state index contributed by atoms with van der Waals surface area (Å²) in [6.45, 7) is 1.51. The van der Waals surface area contributed by atoms with Crippen molar-refractivity contribution in [3.8, 4) is 0 Å². The van der Waals surface area contributed by atoms with Crippen molar-refractivity contribution in [2.75, 3.05) is 25.5 Å². The first-order chi connectivity index (χ1) is 13.5. The van der Waals surface area contributed by atoms with Crippen molar-refractivity contribution in [2.24, 2.45) is 0 Å². The largest absolute Gasteiger partial charge is 0.339 e. The van der Waals surface area contributed by atoms with Gasteiger partial charge in [0.05, 0.1) is 11.1 Å². The molecule has 0 bridgehead atoms. The van der Waals surface area contributed by atoms with Crippen molar-refractivity contribution >= 4 is 29.3 Å². The monoisotopic (exact) mass is 377 g/mol. The Balaban J connectivity index is 1.53. The minimum atomic E-state index is -0.423. The molecule has 0 aromatic heterocycles. The number of imide groups is 1. The van der Waals surface area contributed by atoms with E-state index in [9.17, 15) is 19.2 Å². The zero-order valence-electron chi connectivity index (χ0n) is 15.4. The molecule has 4 amide bonds. The number of likely N-dealkylation sites (tertiary alicyclic amines) is 1. The molecule has 142 valence electrons. The summed E-state index contributed by atoms with van der Waals surface area (Å²) in [4.78, 5) is 52.0. The highest BCUT2D eigenvalue weighted by Gasteiger charge is 2.33. The molecule has 2 aliphatic rings. The second-order valence-electron chi connectivity index (χ2n) is 6.96. The molecule has 7 nitrogen and oxygen atoms in total. The molecule has 1 N–H and O–H groups in total. The number of benzene rings is 2. The predicted molar refractivity (Wildman–Crippen MR) is 102 cm³/mol. The molecule has 0 aliphatic carbocycles. The van der Waals surface area contributed by atoms with E-state index in [1.807, 2.05) is 0 Å². The lowest BCUT2D eigenvalue weighted by Crippen LogP contribution is -2.27. The molecule has 0 atom stereocenters. The lowest BCUT2D eigenvalue weighted by Gasteiger charge is -2.15. The smallest absolute Gasteiger partial charge is 0.261 e. The molecular formula is C21H19N3O4. The number of fused-ring (bicyclic) bond motifs is 1. The third-order valence-electron chi connectivity index (χ3n) is 5.11. The third-order valence-corrected chi connectivity index (χ3v) is 5.11. The summed E-state index contributed by atoms with van der Waals surface area (Å²) in [5.41, 5.74) is 1.80. The topological polar surface area (TPSA) is 86.8 Å². The van der Waals surface area contributed by atoms with Gasteiger partial charge in [0.1, 0.15) is 0 Å². The average molecular weight is 377 g/mol. The zero-order valence-corrected chi connectivity index (χ0v) is 15.4. The number of anilines is 1. The van der Waals surface area contributed by atoms with E-state index in [0.717, 1.165) is 30.8 Å². The first-order valence-electron chi connectivity index (χ1n) is 9.13. The van der Waals surface area contributed by atoms with E-state index in [-0.39, 0.29) is 22.9 Å². The zero-order chi connectivity index (χ0) is 19.8. The summed E-state index contributed by atoms with van der Waals surface area (Å²) in [6.07, 6.45) is 2.02. The maximum absolute atomic E-state index is 12.6. The summed E-state index contributed by atoms with van der Waals surface area (Å²) in [5.74, 6) is -1.26. The molecular weight excluding hydrogens is 358 g/mol. The molecule has 0 spiro atoms. The highest BCUT2D eigenvalue weighted by molar-refractivity contribution is 6.22. The minimum Gasteiger partial charge on any atom is -0.339 e. The molecule has 0 saturated carbocycles. The predicted octanol–water partition coefficient (Wildman–Crippen LogP) is 2.40. The SMILES string of the molecule is CN1C(=O)c2ccc(C(=O)Nc3cccc(C(=O)N4CCCC4)c3)cc2C1=O. The van der Waals surface area contributed by atoms with Gasteiger partial charge in [-0.1, -0.05) is 6.07 Å². The van der Waals surface area contributed by atoms with Crippen molar-refractivity contribution in [1.82, 2.24) is 9.80 Å². The number of nitrogens with zero attached hydrogens (tertiary/aromatic N) is 2. The van der Waals surface area contributed by atoms with Crippen LogP contribution in [-0.2, 0) is 0 Å². The Labute approximate surface area is 161 Å². The van der Waals surface area contributed by atoms with Crippen LogP contribution in [0.5, 0.6) is 0 Å². The molecule has 7 heteroatoms. The van der Waals surface area contributed by atoms with E-state index in [1.54, 1.807) is 29.2 Å². The number of hydrogen-bond donors (Lipinski definition) is 1. The van der Waals surface area contributed by atoms with Gasteiger partial charge in [-0.25, -0.2) is 0 Å². The second-order valence-corrected chi connectivity index (χ2v) is 6.96. The van der Waals surface area contributed by atoms with Gasteiger partial charge in [-0.2, -0.15) is 0 Å². The fourth-order valence-corrected chi connectivity index (χ4v) is 3.54. The molecule has 1 fully saturated rings. The molecule has 0 unspecified atom stereocenters. The van der Waals surface area contributed by atoms with Crippen molar-refractivity contribution in [2.45, 2.75) is 12.8 Å². The molecule has 28 heavy (non-hydrogen) atoms. The maximum atomic E-state index is 12.6. The number of amides is 4. The Kier molecular flexibility index (Phi) is 4.43. The Hall–Kier alpha value is -3.48. The molecule has 2 heterocycles. The fraction of sp³-hybridized carbons (Fsp3) is 0.238. The molecule has 4 rings (SSSR count). The fourth-order valence-electron chi connectivity index (χ4n) is 3.54. The van der Waals surface area contributed by atoms with Gasteiger partial charge >= 0.3 is 0 Å². The second kappa shape index (κ2) is 6.92. The number of hydrogen-bond acceptors (Lipinski definition) is 4. The summed E-state index contributed by atoms with van der Waals surface area (Å²) < 4.78 is 0. The lowest BCUT2D eigenvalue weighted by atomic mass is 10.1.